The van der Waals surface area contributed by atoms with Gasteiger partial charge in [-0.1, -0.05) is 0 Å². The highest BCUT2D eigenvalue weighted by molar-refractivity contribution is 5.83. The normalized spacial score (nSPS) is 25.8. The fourth-order valence-corrected chi connectivity index (χ4v) is 3.89. The predicted molar refractivity (Wildman–Crippen MR) is 80.6 cm³/mol. The molecule has 0 aromatic heterocycles. The Hall–Kier alpha value is -2.08. The summed E-state index contributed by atoms with van der Waals surface area (Å²) < 4.78 is 10.9. The van der Waals surface area contributed by atoms with Crippen molar-refractivity contribution in [3.8, 4) is 11.5 Å². The maximum absolute atomic E-state index is 12.4. The molecule has 2 unspecified atom stereocenters. The van der Waals surface area contributed by atoms with Crippen molar-refractivity contribution in [3.63, 3.8) is 0 Å². The highest BCUT2D eigenvalue weighted by Crippen LogP contribution is 2.43. The molecule has 3 heterocycles. The van der Waals surface area contributed by atoms with E-state index in [0.717, 1.165) is 30.0 Å². The lowest BCUT2D eigenvalue weighted by atomic mass is 9.81. The minimum atomic E-state index is -0.836. The van der Waals surface area contributed by atoms with Crippen LogP contribution in [0.25, 0.3) is 0 Å². The smallest absolute Gasteiger partial charge is 0.303 e. The number of carboxylic acid groups (broad SMARTS) is 1. The third-order valence-corrected chi connectivity index (χ3v) is 5.11. The van der Waals surface area contributed by atoms with Crippen molar-refractivity contribution in [2.45, 2.75) is 31.7 Å². The van der Waals surface area contributed by atoms with Gasteiger partial charge >= 0.3 is 5.97 Å². The van der Waals surface area contributed by atoms with Gasteiger partial charge in [0.2, 0.25) is 6.79 Å². The van der Waals surface area contributed by atoms with Gasteiger partial charge in [-0.3, -0.25) is 14.5 Å². The molecular weight excluding hydrogens is 298 g/mol. The Morgan fingerprint density at radius 3 is 2.87 bits per heavy atom. The van der Waals surface area contributed by atoms with Gasteiger partial charge in [0.05, 0.1) is 0 Å². The Morgan fingerprint density at radius 1 is 1.30 bits per heavy atom. The zero-order chi connectivity index (χ0) is 16.0. The van der Waals surface area contributed by atoms with Gasteiger partial charge in [-0.15, -0.1) is 0 Å². The minimum absolute atomic E-state index is 0.0597. The first-order valence-corrected chi connectivity index (χ1v) is 8.03. The van der Waals surface area contributed by atoms with Crippen LogP contribution in [0, 0.1) is 5.92 Å². The Kier molecular flexibility index (Phi) is 3.49. The summed E-state index contributed by atoms with van der Waals surface area (Å²) in [6.07, 6.45) is 1.87. The van der Waals surface area contributed by atoms with E-state index < -0.39 is 5.97 Å². The summed E-state index contributed by atoms with van der Waals surface area (Å²) in [5, 5.41) is 8.83. The standard InChI is InChI=1S/C17H19NO5/c19-14-7-13-12-6-16-15(22-9-23-16)5-10(12)3-4-18(13)8-11(14)1-2-17(20)21/h5-6,11,13H,1-4,7-9H2,(H,20,21). The van der Waals surface area contributed by atoms with E-state index in [-0.39, 0.29) is 31.0 Å². The van der Waals surface area contributed by atoms with E-state index in [1.54, 1.807) is 0 Å². The van der Waals surface area contributed by atoms with Crippen molar-refractivity contribution in [1.29, 1.82) is 0 Å². The van der Waals surface area contributed by atoms with Crippen molar-refractivity contribution in [2.24, 2.45) is 5.92 Å². The largest absolute Gasteiger partial charge is 0.481 e. The molecule has 1 fully saturated rings. The second-order valence-corrected chi connectivity index (χ2v) is 6.46. The second kappa shape index (κ2) is 5.53. The number of aliphatic carboxylic acids is 1. The Balaban J connectivity index is 1.56. The molecular formula is C17H19NO5. The summed E-state index contributed by atoms with van der Waals surface area (Å²) in [5.74, 6) is 0.734. The van der Waals surface area contributed by atoms with Gasteiger partial charge < -0.3 is 14.6 Å². The summed E-state index contributed by atoms with van der Waals surface area (Å²) >= 11 is 0. The van der Waals surface area contributed by atoms with Crippen LogP contribution in [-0.4, -0.2) is 41.6 Å². The number of ketones is 1. The van der Waals surface area contributed by atoms with Crippen LogP contribution in [0.1, 0.15) is 36.4 Å². The molecule has 0 bridgehead atoms. The number of carboxylic acids is 1. The Bertz CT molecular complexity index is 671. The molecule has 122 valence electrons. The predicted octanol–water partition coefficient (Wildman–Crippen LogP) is 1.77. The highest BCUT2D eigenvalue weighted by Gasteiger charge is 2.38. The van der Waals surface area contributed by atoms with Crippen molar-refractivity contribution in [1.82, 2.24) is 4.90 Å². The van der Waals surface area contributed by atoms with Crippen LogP contribution >= 0.6 is 0 Å². The number of Topliss-reactive ketones (excluding diaryl/α,β-unsaturated/α-hetero) is 1. The molecule has 1 N–H and O–H groups in total. The number of fused-ring (bicyclic) bond motifs is 4. The molecule has 1 aromatic carbocycles. The average molecular weight is 317 g/mol. The summed E-state index contributed by atoms with van der Waals surface area (Å²) in [6, 6.07) is 4.14. The summed E-state index contributed by atoms with van der Waals surface area (Å²) in [6.45, 7) is 1.81. The molecule has 4 rings (SSSR count). The summed E-state index contributed by atoms with van der Waals surface area (Å²) in [5.41, 5.74) is 2.39. The van der Waals surface area contributed by atoms with Gasteiger partial charge in [0, 0.05) is 37.9 Å². The molecule has 1 aromatic rings. The number of hydrogen-bond donors (Lipinski definition) is 1. The fourth-order valence-electron chi connectivity index (χ4n) is 3.89. The first-order chi connectivity index (χ1) is 11.1. The Labute approximate surface area is 134 Å². The summed E-state index contributed by atoms with van der Waals surface area (Å²) in [4.78, 5) is 25.5. The molecule has 6 nitrogen and oxygen atoms in total. The molecule has 3 aliphatic rings. The quantitative estimate of drug-likeness (QED) is 0.915. The maximum atomic E-state index is 12.4. The third kappa shape index (κ3) is 2.57. The minimum Gasteiger partial charge on any atom is -0.481 e. The van der Waals surface area contributed by atoms with Gasteiger partial charge in [0.1, 0.15) is 5.78 Å². The molecule has 0 spiro atoms. The number of carbonyl (C=O) groups excluding carboxylic acids is 1. The van der Waals surface area contributed by atoms with Crippen LogP contribution in [0.3, 0.4) is 0 Å². The third-order valence-electron chi connectivity index (χ3n) is 5.11. The number of rotatable bonds is 3. The number of hydrogen-bond acceptors (Lipinski definition) is 5. The number of carbonyl (C=O) groups is 2. The number of piperidine rings is 1. The lowest BCUT2D eigenvalue weighted by Crippen LogP contribution is -2.46. The molecule has 2 atom stereocenters. The van der Waals surface area contributed by atoms with Crippen molar-refractivity contribution < 1.29 is 24.2 Å². The molecule has 0 amide bonds. The lowest BCUT2D eigenvalue weighted by molar-refractivity contribution is -0.138. The molecule has 0 saturated carbocycles. The maximum Gasteiger partial charge on any atom is 0.303 e. The van der Waals surface area contributed by atoms with Gasteiger partial charge in [-0.2, -0.15) is 0 Å². The van der Waals surface area contributed by atoms with E-state index in [4.69, 9.17) is 14.6 Å². The molecule has 1 saturated heterocycles. The molecule has 0 aliphatic carbocycles. The molecule has 6 heteroatoms. The van der Waals surface area contributed by atoms with Gasteiger partial charge in [-0.25, -0.2) is 0 Å². The van der Waals surface area contributed by atoms with Gasteiger partial charge in [0.15, 0.2) is 11.5 Å². The first-order valence-electron chi connectivity index (χ1n) is 8.03. The zero-order valence-electron chi connectivity index (χ0n) is 12.8. The SMILES string of the molecule is O=C(O)CCC1CN2CCc3cc4c(cc3C2CC1=O)OCO4. The highest BCUT2D eigenvalue weighted by atomic mass is 16.7. The van der Waals surface area contributed by atoms with Crippen molar-refractivity contribution in [3.05, 3.63) is 23.3 Å². The second-order valence-electron chi connectivity index (χ2n) is 6.46. The monoisotopic (exact) mass is 317 g/mol. The summed E-state index contributed by atoms with van der Waals surface area (Å²) in [7, 11) is 0. The van der Waals surface area contributed by atoms with Gasteiger partial charge in [-0.05, 0) is 36.1 Å². The van der Waals surface area contributed by atoms with Crippen LogP contribution in [0.2, 0.25) is 0 Å². The average Bonchev–Trinajstić information content (AvgIpc) is 2.98. The molecule has 0 radical (unpaired) electrons. The van der Waals surface area contributed by atoms with E-state index in [9.17, 15) is 9.59 Å². The van der Waals surface area contributed by atoms with Crippen LogP contribution in [-0.2, 0) is 16.0 Å². The van der Waals surface area contributed by atoms with Crippen LogP contribution in [0.15, 0.2) is 12.1 Å². The fraction of sp³-hybridized carbons (Fsp3) is 0.529. The van der Waals surface area contributed by atoms with Crippen LogP contribution in [0.5, 0.6) is 11.5 Å². The lowest BCUT2D eigenvalue weighted by Gasteiger charge is -2.42. The van der Waals surface area contributed by atoms with E-state index in [1.165, 1.54) is 5.56 Å². The zero-order valence-corrected chi connectivity index (χ0v) is 12.8. The number of ether oxygens (including phenoxy) is 2. The van der Waals surface area contributed by atoms with E-state index in [2.05, 4.69) is 4.90 Å². The van der Waals surface area contributed by atoms with Crippen molar-refractivity contribution >= 4 is 11.8 Å². The van der Waals surface area contributed by atoms with Gasteiger partial charge in [0.25, 0.3) is 0 Å². The van der Waals surface area contributed by atoms with E-state index in [1.807, 2.05) is 12.1 Å². The Morgan fingerprint density at radius 2 is 2.09 bits per heavy atom. The molecule has 23 heavy (non-hydrogen) atoms. The van der Waals surface area contributed by atoms with Crippen LogP contribution in [0.4, 0.5) is 0 Å². The number of benzene rings is 1. The topological polar surface area (TPSA) is 76.1 Å². The molecule has 3 aliphatic heterocycles. The number of nitrogens with zero attached hydrogens (tertiary/aromatic N) is 1. The van der Waals surface area contributed by atoms with E-state index in [0.29, 0.717) is 19.4 Å². The van der Waals surface area contributed by atoms with E-state index >= 15 is 0 Å². The van der Waals surface area contributed by atoms with Crippen LogP contribution < -0.4 is 9.47 Å². The first kappa shape index (κ1) is 14.5. The van der Waals surface area contributed by atoms with Crippen molar-refractivity contribution in [2.75, 3.05) is 19.9 Å².